The number of hydrogen-bond acceptors (Lipinski definition) is 6. The third-order valence-electron chi connectivity index (χ3n) is 4.66. The van der Waals surface area contributed by atoms with Crippen LogP contribution in [0.5, 0.6) is 5.75 Å². The highest BCUT2D eigenvalue weighted by Gasteiger charge is 2.18. The fourth-order valence-electron chi connectivity index (χ4n) is 3.02. The van der Waals surface area contributed by atoms with Crippen LogP contribution >= 0.6 is 0 Å². The van der Waals surface area contributed by atoms with E-state index < -0.39 is 0 Å². The second-order valence-electron chi connectivity index (χ2n) is 6.19. The molecule has 0 atom stereocenters. The van der Waals surface area contributed by atoms with E-state index in [2.05, 4.69) is 32.2 Å². The van der Waals surface area contributed by atoms with Crippen molar-refractivity contribution in [2.45, 2.75) is 13.5 Å². The molecule has 3 rings (SSSR count). The van der Waals surface area contributed by atoms with Crippen molar-refractivity contribution in [2.75, 3.05) is 44.7 Å². The zero-order chi connectivity index (χ0) is 18.4. The maximum Gasteiger partial charge on any atom is 0.272 e. The molecule has 2 heterocycles. The Morgan fingerprint density at radius 2 is 1.88 bits per heavy atom. The Kier molecular flexibility index (Phi) is 6.01. The van der Waals surface area contributed by atoms with Gasteiger partial charge in [-0.15, -0.1) is 10.2 Å². The summed E-state index contributed by atoms with van der Waals surface area (Å²) in [6, 6.07) is 11.2. The van der Waals surface area contributed by atoms with Gasteiger partial charge < -0.3 is 19.9 Å². The van der Waals surface area contributed by atoms with Crippen molar-refractivity contribution in [3.05, 3.63) is 47.7 Å². The normalized spacial score (nSPS) is 14.9. The van der Waals surface area contributed by atoms with Gasteiger partial charge in [-0.25, -0.2) is 0 Å². The Bertz CT molecular complexity index is 727. The van der Waals surface area contributed by atoms with E-state index in [1.54, 1.807) is 13.2 Å². The van der Waals surface area contributed by atoms with Gasteiger partial charge >= 0.3 is 0 Å². The van der Waals surface area contributed by atoms with Crippen molar-refractivity contribution in [1.82, 2.24) is 20.4 Å². The topological polar surface area (TPSA) is 70.6 Å². The van der Waals surface area contributed by atoms with Crippen molar-refractivity contribution in [3.63, 3.8) is 0 Å². The minimum Gasteiger partial charge on any atom is -0.496 e. The number of carbonyl (C=O) groups is 1. The summed E-state index contributed by atoms with van der Waals surface area (Å²) >= 11 is 0. The number of anilines is 1. The van der Waals surface area contributed by atoms with E-state index in [0.29, 0.717) is 12.2 Å². The SMILES string of the molecule is CCN1CCN(c2ccc(C(=O)NCc3ccccc3OC)nn2)CC1. The molecule has 0 saturated carbocycles. The van der Waals surface area contributed by atoms with Gasteiger partial charge in [-0.2, -0.15) is 0 Å². The molecule has 2 aromatic rings. The van der Waals surface area contributed by atoms with Crippen LogP contribution in [-0.4, -0.2) is 60.8 Å². The van der Waals surface area contributed by atoms with Gasteiger partial charge in [0.2, 0.25) is 0 Å². The molecular formula is C19H25N5O2. The lowest BCUT2D eigenvalue weighted by atomic mass is 10.2. The van der Waals surface area contributed by atoms with Crippen molar-refractivity contribution in [2.24, 2.45) is 0 Å². The molecule has 1 N–H and O–H groups in total. The highest BCUT2D eigenvalue weighted by molar-refractivity contribution is 5.92. The second kappa shape index (κ2) is 8.62. The number of hydrogen-bond donors (Lipinski definition) is 1. The molecule has 0 radical (unpaired) electrons. The maximum absolute atomic E-state index is 12.3. The average Bonchev–Trinajstić information content (AvgIpc) is 2.72. The number of para-hydroxylation sites is 1. The van der Waals surface area contributed by atoms with Gasteiger partial charge in [-0.1, -0.05) is 25.1 Å². The van der Waals surface area contributed by atoms with Gasteiger partial charge in [0, 0.05) is 38.3 Å². The predicted molar refractivity (Wildman–Crippen MR) is 101 cm³/mol. The predicted octanol–water partition coefficient (Wildman–Crippen LogP) is 1.56. The highest BCUT2D eigenvalue weighted by Crippen LogP contribution is 2.17. The molecule has 1 aromatic heterocycles. The molecule has 0 spiro atoms. The van der Waals surface area contributed by atoms with E-state index in [4.69, 9.17) is 4.74 Å². The van der Waals surface area contributed by atoms with Crippen LogP contribution in [0.25, 0.3) is 0 Å². The van der Waals surface area contributed by atoms with Crippen LogP contribution in [0.2, 0.25) is 0 Å². The molecule has 1 aliphatic heterocycles. The summed E-state index contributed by atoms with van der Waals surface area (Å²) in [4.78, 5) is 16.9. The Labute approximate surface area is 154 Å². The minimum atomic E-state index is -0.245. The van der Waals surface area contributed by atoms with E-state index in [0.717, 1.165) is 49.9 Å². The quantitative estimate of drug-likeness (QED) is 0.848. The second-order valence-corrected chi connectivity index (χ2v) is 6.19. The monoisotopic (exact) mass is 355 g/mol. The average molecular weight is 355 g/mol. The number of aromatic nitrogens is 2. The van der Waals surface area contributed by atoms with Crippen LogP contribution in [0.15, 0.2) is 36.4 Å². The third-order valence-corrected chi connectivity index (χ3v) is 4.66. The molecule has 7 heteroatoms. The van der Waals surface area contributed by atoms with E-state index in [9.17, 15) is 4.79 Å². The number of likely N-dealkylation sites (N-methyl/N-ethyl adjacent to an activating group) is 1. The molecule has 26 heavy (non-hydrogen) atoms. The van der Waals surface area contributed by atoms with Crippen molar-refractivity contribution < 1.29 is 9.53 Å². The molecule has 0 aliphatic carbocycles. The first-order chi connectivity index (χ1) is 12.7. The molecular weight excluding hydrogens is 330 g/mol. The summed E-state index contributed by atoms with van der Waals surface area (Å²) in [5.74, 6) is 1.33. The van der Waals surface area contributed by atoms with Gasteiger partial charge in [0.1, 0.15) is 5.75 Å². The van der Waals surface area contributed by atoms with Crippen LogP contribution in [0.1, 0.15) is 23.0 Å². The summed E-state index contributed by atoms with van der Waals surface area (Å²) < 4.78 is 5.29. The summed E-state index contributed by atoms with van der Waals surface area (Å²) in [5.41, 5.74) is 1.23. The van der Waals surface area contributed by atoms with Crippen LogP contribution in [0.4, 0.5) is 5.82 Å². The molecule has 1 amide bonds. The summed E-state index contributed by atoms with van der Waals surface area (Å²) in [6.07, 6.45) is 0. The number of carbonyl (C=O) groups excluding carboxylic acids is 1. The third kappa shape index (κ3) is 4.29. The number of benzene rings is 1. The van der Waals surface area contributed by atoms with E-state index in [1.807, 2.05) is 30.3 Å². The maximum atomic E-state index is 12.3. The fourth-order valence-corrected chi connectivity index (χ4v) is 3.02. The smallest absolute Gasteiger partial charge is 0.272 e. The zero-order valence-corrected chi connectivity index (χ0v) is 15.3. The lowest BCUT2D eigenvalue weighted by Crippen LogP contribution is -2.46. The van der Waals surface area contributed by atoms with Crippen molar-refractivity contribution in [3.8, 4) is 5.75 Å². The van der Waals surface area contributed by atoms with Crippen LogP contribution in [-0.2, 0) is 6.54 Å². The Balaban J connectivity index is 1.57. The van der Waals surface area contributed by atoms with E-state index in [-0.39, 0.29) is 5.91 Å². The lowest BCUT2D eigenvalue weighted by Gasteiger charge is -2.34. The van der Waals surface area contributed by atoms with E-state index >= 15 is 0 Å². The van der Waals surface area contributed by atoms with Crippen LogP contribution in [0.3, 0.4) is 0 Å². The number of rotatable bonds is 6. The fraction of sp³-hybridized carbons (Fsp3) is 0.421. The van der Waals surface area contributed by atoms with Crippen LogP contribution in [0, 0.1) is 0 Å². The van der Waals surface area contributed by atoms with E-state index in [1.165, 1.54) is 0 Å². The van der Waals surface area contributed by atoms with Crippen molar-refractivity contribution in [1.29, 1.82) is 0 Å². The first-order valence-corrected chi connectivity index (χ1v) is 8.92. The number of nitrogens with zero attached hydrogens (tertiary/aromatic N) is 4. The summed E-state index contributed by atoms with van der Waals surface area (Å²) in [7, 11) is 1.62. The number of nitrogens with one attached hydrogen (secondary N) is 1. The molecule has 138 valence electrons. The molecule has 1 fully saturated rings. The molecule has 0 unspecified atom stereocenters. The Morgan fingerprint density at radius 3 is 2.54 bits per heavy atom. The van der Waals surface area contributed by atoms with Gasteiger partial charge in [0.05, 0.1) is 7.11 Å². The summed E-state index contributed by atoms with van der Waals surface area (Å²) in [6.45, 7) is 7.55. The number of piperazine rings is 1. The van der Waals surface area contributed by atoms with Gasteiger partial charge in [-0.05, 0) is 24.7 Å². The van der Waals surface area contributed by atoms with Crippen LogP contribution < -0.4 is 15.0 Å². The Hall–Kier alpha value is -2.67. The molecule has 1 aromatic carbocycles. The highest BCUT2D eigenvalue weighted by atomic mass is 16.5. The largest absolute Gasteiger partial charge is 0.496 e. The standard InChI is InChI=1S/C19H25N5O2/c1-3-23-10-12-24(13-11-23)18-9-8-16(21-22-18)19(25)20-14-15-6-4-5-7-17(15)26-2/h4-9H,3,10-14H2,1-2H3,(H,20,25). The molecule has 0 bridgehead atoms. The number of amides is 1. The van der Waals surface area contributed by atoms with Gasteiger partial charge in [0.25, 0.3) is 5.91 Å². The minimum absolute atomic E-state index is 0.245. The Morgan fingerprint density at radius 1 is 1.12 bits per heavy atom. The first-order valence-electron chi connectivity index (χ1n) is 8.92. The van der Waals surface area contributed by atoms with Gasteiger partial charge in [0.15, 0.2) is 11.5 Å². The first kappa shape index (κ1) is 18.1. The summed E-state index contributed by atoms with van der Waals surface area (Å²) in [5, 5.41) is 11.2. The molecule has 7 nitrogen and oxygen atoms in total. The number of ether oxygens (including phenoxy) is 1. The molecule has 1 saturated heterocycles. The zero-order valence-electron chi connectivity index (χ0n) is 15.3. The number of methoxy groups -OCH3 is 1. The van der Waals surface area contributed by atoms with Crippen molar-refractivity contribution >= 4 is 11.7 Å². The molecule has 1 aliphatic rings. The lowest BCUT2D eigenvalue weighted by molar-refractivity contribution is 0.0944. The van der Waals surface area contributed by atoms with Gasteiger partial charge in [-0.3, -0.25) is 4.79 Å².